The van der Waals surface area contributed by atoms with Gasteiger partial charge in [0.1, 0.15) is 17.7 Å². The summed E-state index contributed by atoms with van der Waals surface area (Å²) in [5.74, 6) is 0.427. The molecular weight excluding hydrogens is 360 g/mol. The van der Waals surface area contributed by atoms with Crippen molar-refractivity contribution in [3.8, 4) is 0 Å². The first-order valence-electron chi connectivity index (χ1n) is 8.86. The van der Waals surface area contributed by atoms with E-state index >= 15 is 0 Å². The van der Waals surface area contributed by atoms with Gasteiger partial charge in [-0.3, -0.25) is 4.79 Å². The summed E-state index contributed by atoms with van der Waals surface area (Å²) in [7, 11) is 3.69. The summed E-state index contributed by atoms with van der Waals surface area (Å²) in [5.41, 5.74) is 1.10. The number of aryl methyl sites for hydroxylation is 1. The number of hydrogen-bond donors (Lipinski definition) is 1. The minimum absolute atomic E-state index is 0.0879. The third-order valence-electron chi connectivity index (χ3n) is 4.99. The number of pyridine rings is 1. The fourth-order valence-electron chi connectivity index (χ4n) is 3.46. The first-order valence-corrected chi connectivity index (χ1v) is 8.86. The monoisotopic (exact) mass is 380 g/mol. The molecule has 0 fully saturated rings. The molecule has 1 atom stereocenters. The van der Waals surface area contributed by atoms with Crippen molar-refractivity contribution < 1.29 is 14.7 Å². The van der Waals surface area contributed by atoms with Crippen molar-refractivity contribution in [2.45, 2.75) is 26.1 Å². The summed E-state index contributed by atoms with van der Waals surface area (Å²) in [6.45, 7) is 1.98. The largest absolute Gasteiger partial charge is 0.480 e. The molecule has 0 spiro atoms. The molecule has 0 aliphatic carbocycles. The summed E-state index contributed by atoms with van der Waals surface area (Å²) in [5, 5.41) is 18.5. The summed E-state index contributed by atoms with van der Waals surface area (Å²) in [6, 6.07) is 8.06. The number of fused-ring (bicyclic) bond motifs is 2. The molecule has 0 bridgehead atoms. The Balaban J connectivity index is 1.83. The van der Waals surface area contributed by atoms with Gasteiger partial charge in [0.05, 0.1) is 24.2 Å². The predicted octanol–water partition coefficient (Wildman–Crippen LogP) is 1.31. The number of amides is 1. The second-order valence-electron chi connectivity index (χ2n) is 7.00. The van der Waals surface area contributed by atoms with E-state index in [1.165, 1.54) is 4.90 Å². The Kier molecular flexibility index (Phi) is 4.21. The van der Waals surface area contributed by atoms with Crippen LogP contribution in [0.3, 0.4) is 0 Å². The first-order chi connectivity index (χ1) is 13.4. The van der Waals surface area contributed by atoms with Crippen LogP contribution in [0.2, 0.25) is 0 Å². The van der Waals surface area contributed by atoms with Crippen LogP contribution in [0.1, 0.15) is 22.0 Å². The highest BCUT2D eigenvalue weighted by Gasteiger charge is 2.37. The van der Waals surface area contributed by atoms with Gasteiger partial charge in [0.25, 0.3) is 5.91 Å². The number of aromatic nitrogens is 4. The number of anilines is 1. The summed E-state index contributed by atoms with van der Waals surface area (Å²) >= 11 is 0. The van der Waals surface area contributed by atoms with Gasteiger partial charge >= 0.3 is 5.97 Å². The number of carboxylic acid groups (broad SMARTS) is 1. The number of hydrogen-bond acceptors (Lipinski definition) is 6. The quantitative estimate of drug-likeness (QED) is 0.730. The number of carbonyl (C=O) groups excluding carboxylic acids is 1. The van der Waals surface area contributed by atoms with Crippen LogP contribution < -0.4 is 4.90 Å². The molecular formula is C19H20N6O3. The molecule has 1 unspecified atom stereocenters. The van der Waals surface area contributed by atoms with Crippen LogP contribution in [0.25, 0.3) is 10.9 Å². The standard InChI is InChI=1S/C19H20N6O3/c1-11-21-22-17-10-25(15(19(27)28)9-24(11)17)18(26)13-8-16(23(2)3)20-14-7-5-4-6-12(13)14/h4-8,15H,9-10H2,1-3H3,(H,27,28). The Morgan fingerprint density at radius 3 is 2.68 bits per heavy atom. The minimum atomic E-state index is -1.06. The summed E-state index contributed by atoms with van der Waals surface area (Å²) in [6.07, 6.45) is 0. The zero-order valence-corrected chi connectivity index (χ0v) is 15.8. The lowest BCUT2D eigenvalue weighted by molar-refractivity contribution is -0.143. The van der Waals surface area contributed by atoms with E-state index in [9.17, 15) is 14.7 Å². The van der Waals surface area contributed by atoms with Crippen molar-refractivity contribution in [2.24, 2.45) is 0 Å². The zero-order valence-electron chi connectivity index (χ0n) is 15.8. The van der Waals surface area contributed by atoms with E-state index < -0.39 is 12.0 Å². The van der Waals surface area contributed by atoms with Crippen molar-refractivity contribution in [1.82, 2.24) is 24.6 Å². The lowest BCUT2D eigenvalue weighted by atomic mass is 10.0. The predicted molar refractivity (Wildman–Crippen MR) is 102 cm³/mol. The highest BCUT2D eigenvalue weighted by atomic mass is 16.4. The maximum absolute atomic E-state index is 13.5. The Hall–Kier alpha value is -3.49. The molecule has 1 N–H and O–H groups in total. The van der Waals surface area contributed by atoms with Crippen molar-refractivity contribution in [3.63, 3.8) is 0 Å². The van der Waals surface area contributed by atoms with Gasteiger partial charge in [-0.2, -0.15) is 0 Å². The second kappa shape index (κ2) is 6.59. The van der Waals surface area contributed by atoms with Crippen LogP contribution >= 0.6 is 0 Å². The number of carboxylic acids is 1. The maximum Gasteiger partial charge on any atom is 0.328 e. The van der Waals surface area contributed by atoms with E-state index in [-0.39, 0.29) is 19.0 Å². The maximum atomic E-state index is 13.5. The molecule has 0 radical (unpaired) electrons. The molecule has 2 aromatic heterocycles. The Morgan fingerprint density at radius 2 is 1.96 bits per heavy atom. The molecule has 1 aliphatic rings. The molecule has 3 aromatic rings. The molecule has 4 rings (SSSR count). The number of carbonyl (C=O) groups is 2. The minimum Gasteiger partial charge on any atom is -0.480 e. The van der Waals surface area contributed by atoms with E-state index in [2.05, 4.69) is 15.2 Å². The van der Waals surface area contributed by atoms with Crippen molar-refractivity contribution in [3.05, 3.63) is 47.5 Å². The number of rotatable bonds is 3. The lowest BCUT2D eigenvalue weighted by Crippen LogP contribution is -2.50. The molecule has 1 aromatic carbocycles. The average molecular weight is 380 g/mol. The Bertz CT molecular complexity index is 1090. The number of nitrogens with zero attached hydrogens (tertiary/aromatic N) is 6. The highest BCUT2D eigenvalue weighted by molar-refractivity contribution is 6.08. The lowest BCUT2D eigenvalue weighted by Gasteiger charge is -2.33. The van der Waals surface area contributed by atoms with Gasteiger partial charge < -0.3 is 19.5 Å². The number of benzene rings is 1. The Labute approximate surface area is 161 Å². The van der Waals surface area contributed by atoms with E-state index in [1.807, 2.05) is 43.3 Å². The molecule has 1 aliphatic heterocycles. The SMILES string of the molecule is Cc1nnc2n1CC(C(=O)O)N(C(=O)c1cc(N(C)C)nc3ccccc13)C2. The van der Waals surface area contributed by atoms with Crippen LogP contribution in [0.4, 0.5) is 5.82 Å². The van der Waals surface area contributed by atoms with Gasteiger partial charge in [-0.25, -0.2) is 9.78 Å². The van der Waals surface area contributed by atoms with Crippen molar-refractivity contribution >= 4 is 28.6 Å². The van der Waals surface area contributed by atoms with Gasteiger partial charge in [-0.1, -0.05) is 18.2 Å². The van der Waals surface area contributed by atoms with Crippen LogP contribution in [0.15, 0.2) is 30.3 Å². The van der Waals surface area contributed by atoms with Crippen LogP contribution in [0, 0.1) is 6.92 Å². The average Bonchev–Trinajstić information content (AvgIpc) is 3.05. The van der Waals surface area contributed by atoms with Gasteiger partial charge in [0.15, 0.2) is 5.82 Å². The third kappa shape index (κ3) is 2.84. The van der Waals surface area contributed by atoms with Gasteiger partial charge in [-0.05, 0) is 19.1 Å². The zero-order chi connectivity index (χ0) is 20.0. The molecule has 144 valence electrons. The molecule has 0 saturated heterocycles. The van der Waals surface area contributed by atoms with Gasteiger partial charge in [0, 0.05) is 19.5 Å². The number of aliphatic carboxylic acids is 1. The fourth-order valence-corrected chi connectivity index (χ4v) is 3.46. The van der Waals surface area contributed by atoms with Crippen LogP contribution in [0.5, 0.6) is 0 Å². The van der Waals surface area contributed by atoms with E-state index in [1.54, 1.807) is 17.6 Å². The molecule has 9 heteroatoms. The topological polar surface area (TPSA) is 104 Å². The Morgan fingerprint density at radius 1 is 1.21 bits per heavy atom. The molecule has 1 amide bonds. The molecule has 9 nitrogen and oxygen atoms in total. The van der Waals surface area contributed by atoms with Crippen molar-refractivity contribution in [1.29, 1.82) is 0 Å². The van der Waals surface area contributed by atoms with Gasteiger partial charge in [-0.15, -0.1) is 10.2 Å². The van der Waals surface area contributed by atoms with Crippen LogP contribution in [-0.4, -0.2) is 61.8 Å². The summed E-state index contributed by atoms with van der Waals surface area (Å²) in [4.78, 5) is 33.1. The van der Waals surface area contributed by atoms with Crippen molar-refractivity contribution in [2.75, 3.05) is 19.0 Å². The normalized spacial score (nSPS) is 16.1. The number of para-hydroxylation sites is 1. The highest BCUT2D eigenvalue weighted by Crippen LogP contribution is 2.27. The van der Waals surface area contributed by atoms with Crippen LogP contribution in [-0.2, 0) is 17.9 Å². The second-order valence-corrected chi connectivity index (χ2v) is 7.00. The fraction of sp³-hybridized carbons (Fsp3) is 0.316. The molecule has 0 saturated carbocycles. The van der Waals surface area contributed by atoms with Gasteiger partial charge in [0.2, 0.25) is 0 Å². The molecule has 3 heterocycles. The van der Waals surface area contributed by atoms with E-state index in [4.69, 9.17) is 0 Å². The smallest absolute Gasteiger partial charge is 0.328 e. The van der Waals surface area contributed by atoms with E-state index in [0.717, 1.165) is 0 Å². The van der Waals surface area contributed by atoms with E-state index in [0.29, 0.717) is 33.9 Å². The first kappa shape index (κ1) is 17.9. The summed E-state index contributed by atoms with van der Waals surface area (Å²) < 4.78 is 1.75. The third-order valence-corrected chi connectivity index (χ3v) is 4.99. The molecule has 28 heavy (non-hydrogen) atoms.